The van der Waals surface area contributed by atoms with Gasteiger partial charge in [0, 0.05) is 18.2 Å². The van der Waals surface area contributed by atoms with Gasteiger partial charge in [0.05, 0.1) is 0 Å². The van der Waals surface area contributed by atoms with Crippen LogP contribution in [0, 0.1) is 0 Å². The highest BCUT2D eigenvalue weighted by atomic mass is 15.2. The lowest BCUT2D eigenvalue weighted by atomic mass is 10.0. The molecule has 1 saturated heterocycles. The van der Waals surface area contributed by atoms with Gasteiger partial charge in [0.25, 0.3) is 0 Å². The molecule has 0 bridgehead atoms. The van der Waals surface area contributed by atoms with E-state index < -0.39 is 0 Å². The number of nitrogens with zero attached hydrogens (tertiary/aromatic N) is 3. The normalized spacial score (nSPS) is 17.9. The molecular weight excluding hydrogens is 238 g/mol. The Kier molecular flexibility index (Phi) is 4.58. The highest BCUT2D eigenvalue weighted by Crippen LogP contribution is 2.26. The molecule has 1 aromatic heterocycles. The molecule has 1 atom stereocenters. The third-order valence-corrected chi connectivity index (χ3v) is 3.61. The van der Waals surface area contributed by atoms with Crippen molar-refractivity contribution >= 4 is 11.6 Å². The van der Waals surface area contributed by atoms with Gasteiger partial charge in [-0.05, 0) is 38.8 Å². The van der Waals surface area contributed by atoms with Gasteiger partial charge >= 0.3 is 0 Å². The summed E-state index contributed by atoms with van der Waals surface area (Å²) in [7, 11) is 0. The number of hydrogen-bond acceptors (Lipinski definition) is 5. The lowest BCUT2D eigenvalue weighted by Gasteiger charge is -2.23. The van der Waals surface area contributed by atoms with Crippen LogP contribution in [0.15, 0.2) is 6.33 Å². The summed E-state index contributed by atoms with van der Waals surface area (Å²) in [5.74, 6) is 1.79. The first-order chi connectivity index (χ1) is 9.08. The number of nitrogens with two attached hydrogens (primary N) is 1. The van der Waals surface area contributed by atoms with Gasteiger partial charge in [0.15, 0.2) is 0 Å². The summed E-state index contributed by atoms with van der Waals surface area (Å²) in [6.45, 7) is 9.92. The summed E-state index contributed by atoms with van der Waals surface area (Å²) in [5.41, 5.74) is 6.98. The van der Waals surface area contributed by atoms with Crippen LogP contribution in [0.2, 0.25) is 0 Å². The van der Waals surface area contributed by atoms with Crippen LogP contribution < -0.4 is 11.1 Å². The van der Waals surface area contributed by atoms with E-state index in [1.165, 1.54) is 32.3 Å². The standard InChI is InChI=1S/C14H25N5/c1-10(2)12-13(15)16-9-17-14(12)18-11(3)8-19-6-4-5-7-19/h9-11H,4-8H2,1-3H3,(H3,15,16,17,18). The van der Waals surface area contributed by atoms with Crippen LogP contribution >= 0.6 is 0 Å². The zero-order chi connectivity index (χ0) is 13.8. The van der Waals surface area contributed by atoms with E-state index in [0.717, 1.165) is 17.9 Å². The number of anilines is 2. The molecule has 1 aliphatic heterocycles. The molecule has 1 unspecified atom stereocenters. The van der Waals surface area contributed by atoms with Crippen molar-refractivity contribution in [1.29, 1.82) is 0 Å². The second kappa shape index (κ2) is 6.19. The third kappa shape index (κ3) is 3.56. The second-order valence-electron chi connectivity index (χ2n) is 5.73. The van der Waals surface area contributed by atoms with Gasteiger partial charge in [0.2, 0.25) is 0 Å². The lowest BCUT2D eigenvalue weighted by Crippen LogP contribution is -2.33. The van der Waals surface area contributed by atoms with Crippen molar-refractivity contribution in [2.24, 2.45) is 0 Å². The molecule has 5 nitrogen and oxygen atoms in total. The van der Waals surface area contributed by atoms with Crippen molar-refractivity contribution in [3.8, 4) is 0 Å². The molecule has 2 heterocycles. The molecule has 106 valence electrons. The van der Waals surface area contributed by atoms with E-state index in [1.807, 2.05) is 0 Å². The van der Waals surface area contributed by atoms with Crippen molar-refractivity contribution < 1.29 is 0 Å². The van der Waals surface area contributed by atoms with Crippen LogP contribution in [0.3, 0.4) is 0 Å². The molecule has 0 spiro atoms. The van der Waals surface area contributed by atoms with Gasteiger partial charge in [-0.3, -0.25) is 0 Å². The quantitative estimate of drug-likeness (QED) is 0.851. The molecule has 1 aliphatic rings. The topological polar surface area (TPSA) is 67.1 Å². The fraction of sp³-hybridized carbons (Fsp3) is 0.714. The predicted octanol–water partition coefficient (Wildman–Crippen LogP) is 2.08. The van der Waals surface area contributed by atoms with Gasteiger partial charge in [-0.15, -0.1) is 0 Å². The van der Waals surface area contributed by atoms with E-state index in [1.54, 1.807) is 0 Å². The molecule has 3 N–H and O–H groups in total. The fourth-order valence-corrected chi connectivity index (χ4v) is 2.72. The molecule has 0 aromatic carbocycles. The molecule has 5 heteroatoms. The SMILES string of the molecule is CC(CN1CCCC1)Nc1ncnc(N)c1C(C)C. The Balaban J connectivity index is 2.03. The van der Waals surface area contributed by atoms with Crippen LogP contribution in [0.1, 0.15) is 45.1 Å². The smallest absolute Gasteiger partial charge is 0.135 e. The van der Waals surface area contributed by atoms with Crippen molar-refractivity contribution in [2.45, 2.75) is 45.6 Å². The largest absolute Gasteiger partial charge is 0.383 e. The van der Waals surface area contributed by atoms with E-state index in [9.17, 15) is 0 Å². The summed E-state index contributed by atoms with van der Waals surface area (Å²) >= 11 is 0. The van der Waals surface area contributed by atoms with Crippen molar-refractivity contribution in [1.82, 2.24) is 14.9 Å². The monoisotopic (exact) mass is 263 g/mol. The molecule has 0 saturated carbocycles. The van der Waals surface area contributed by atoms with Gasteiger partial charge in [-0.1, -0.05) is 13.8 Å². The molecule has 0 radical (unpaired) electrons. The van der Waals surface area contributed by atoms with Crippen LogP contribution in [0.4, 0.5) is 11.6 Å². The summed E-state index contributed by atoms with van der Waals surface area (Å²) < 4.78 is 0. The minimum atomic E-state index is 0.322. The van der Waals surface area contributed by atoms with Gasteiger partial charge in [-0.25, -0.2) is 9.97 Å². The number of hydrogen-bond donors (Lipinski definition) is 2. The number of nitrogen functional groups attached to an aromatic ring is 1. The minimum absolute atomic E-state index is 0.322. The van der Waals surface area contributed by atoms with E-state index >= 15 is 0 Å². The Labute approximate surface area is 115 Å². The van der Waals surface area contributed by atoms with Crippen LogP contribution in [0.5, 0.6) is 0 Å². The third-order valence-electron chi connectivity index (χ3n) is 3.61. The predicted molar refractivity (Wildman–Crippen MR) is 79.3 cm³/mol. The maximum absolute atomic E-state index is 5.96. The Morgan fingerprint density at radius 3 is 2.58 bits per heavy atom. The first kappa shape index (κ1) is 14.1. The summed E-state index contributed by atoms with van der Waals surface area (Å²) in [6.07, 6.45) is 4.18. The average Bonchev–Trinajstić information content (AvgIpc) is 2.81. The van der Waals surface area contributed by atoms with Gasteiger partial charge in [-0.2, -0.15) is 0 Å². The fourth-order valence-electron chi connectivity index (χ4n) is 2.72. The summed E-state index contributed by atoms with van der Waals surface area (Å²) in [5, 5.41) is 3.49. The Bertz CT molecular complexity index is 412. The maximum Gasteiger partial charge on any atom is 0.135 e. The molecule has 0 amide bonds. The van der Waals surface area contributed by atoms with Gasteiger partial charge < -0.3 is 16.0 Å². The Morgan fingerprint density at radius 2 is 1.95 bits per heavy atom. The molecule has 0 aliphatic carbocycles. The molecular formula is C14H25N5. The molecule has 19 heavy (non-hydrogen) atoms. The maximum atomic E-state index is 5.96. The lowest BCUT2D eigenvalue weighted by molar-refractivity contribution is 0.327. The van der Waals surface area contributed by atoms with Crippen LogP contribution in [-0.2, 0) is 0 Å². The van der Waals surface area contributed by atoms with E-state index in [0.29, 0.717) is 17.8 Å². The van der Waals surface area contributed by atoms with Crippen molar-refractivity contribution in [3.63, 3.8) is 0 Å². The first-order valence-electron chi connectivity index (χ1n) is 7.17. The number of likely N-dealkylation sites (tertiary alicyclic amines) is 1. The van der Waals surface area contributed by atoms with Crippen LogP contribution in [-0.4, -0.2) is 40.5 Å². The van der Waals surface area contributed by atoms with E-state index in [4.69, 9.17) is 5.73 Å². The molecule has 1 aromatic rings. The minimum Gasteiger partial charge on any atom is -0.383 e. The zero-order valence-corrected chi connectivity index (χ0v) is 12.2. The number of rotatable bonds is 5. The van der Waals surface area contributed by atoms with Crippen molar-refractivity contribution in [2.75, 3.05) is 30.7 Å². The van der Waals surface area contributed by atoms with E-state index in [2.05, 4.69) is 41.0 Å². The van der Waals surface area contributed by atoms with Gasteiger partial charge in [0.1, 0.15) is 18.0 Å². The second-order valence-corrected chi connectivity index (χ2v) is 5.73. The highest BCUT2D eigenvalue weighted by Gasteiger charge is 2.18. The average molecular weight is 263 g/mol. The molecule has 2 rings (SSSR count). The summed E-state index contributed by atoms with van der Waals surface area (Å²) in [4.78, 5) is 10.9. The Hall–Kier alpha value is -1.36. The number of nitrogens with one attached hydrogen (secondary N) is 1. The van der Waals surface area contributed by atoms with Crippen LogP contribution in [0.25, 0.3) is 0 Å². The first-order valence-corrected chi connectivity index (χ1v) is 7.17. The molecule has 1 fully saturated rings. The zero-order valence-electron chi connectivity index (χ0n) is 12.2. The van der Waals surface area contributed by atoms with E-state index in [-0.39, 0.29) is 0 Å². The van der Waals surface area contributed by atoms with Crippen molar-refractivity contribution in [3.05, 3.63) is 11.9 Å². The number of aromatic nitrogens is 2. The highest BCUT2D eigenvalue weighted by molar-refractivity contribution is 5.56. The summed E-state index contributed by atoms with van der Waals surface area (Å²) in [6, 6.07) is 0.366. The Morgan fingerprint density at radius 1 is 1.26 bits per heavy atom.